The summed E-state index contributed by atoms with van der Waals surface area (Å²) in [6, 6.07) is 7.25. The van der Waals surface area contributed by atoms with Crippen LogP contribution >= 0.6 is 0 Å². The second kappa shape index (κ2) is 6.15. The van der Waals surface area contributed by atoms with Crippen molar-refractivity contribution in [3.8, 4) is 0 Å². The molecular formula is C15H21FN2O. The number of amides is 1. The van der Waals surface area contributed by atoms with Crippen LogP contribution in [-0.4, -0.2) is 37.0 Å². The smallest absolute Gasteiger partial charge is 0.221 e. The molecule has 1 aromatic rings. The van der Waals surface area contributed by atoms with Crippen LogP contribution < -0.4 is 5.32 Å². The summed E-state index contributed by atoms with van der Waals surface area (Å²) in [5.41, 5.74) is 1.19. The van der Waals surface area contributed by atoms with Gasteiger partial charge in [0.1, 0.15) is 5.82 Å². The Bertz CT molecular complexity index is 432. The van der Waals surface area contributed by atoms with Crippen LogP contribution in [0.3, 0.4) is 0 Å². The van der Waals surface area contributed by atoms with Crippen molar-refractivity contribution >= 4 is 5.91 Å². The van der Waals surface area contributed by atoms with Crippen molar-refractivity contribution in [2.75, 3.05) is 20.1 Å². The molecule has 0 aromatic heterocycles. The quantitative estimate of drug-likeness (QED) is 0.903. The maximum Gasteiger partial charge on any atom is 0.221 e. The van der Waals surface area contributed by atoms with Gasteiger partial charge >= 0.3 is 0 Å². The third kappa shape index (κ3) is 3.53. The van der Waals surface area contributed by atoms with Crippen molar-refractivity contribution in [2.45, 2.75) is 31.7 Å². The fourth-order valence-electron chi connectivity index (χ4n) is 2.76. The molecule has 0 aliphatic carbocycles. The molecule has 2 rings (SSSR count). The first-order valence-electron chi connectivity index (χ1n) is 6.80. The Morgan fingerprint density at radius 1 is 1.42 bits per heavy atom. The van der Waals surface area contributed by atoms with Crippen LogP contribution in [0.15, 0.2) is 24.3 Å². The van der Waals surface area contributed by atoms with Crippen LogP contribution in [0.25, 0.3) is 0 Å². The lowest BCUT2D eigenvalue weighted by atomic mass is 9.97. The van der Waals surface area contributed by atoms with E-state index in [4.69, 9.17) is 0 Å². The Labute approximate surface area is 113 Å². The fourth-order valence-corrected chi connectivity index (χ4v) is 2.76. The van der Waals surface area contributed by atoms with Crippen molar-refractivity contribution in [1.82, 2.24) is 10.2 Å². The van der Waals surface area contributed by atoms with Crippen molar-refractivity contribution in [1.29, 1.82) is 0 Å². The minimum atomic E-state index is -0.189. The van der Waals surface area contributed by atoms with Crippen LogP contribution in [-0.2, 0) is 4.79 Å². The molecule has 19 heavy (non-hydrogen) atoms. The van der Waals surface area contributed by atoms with Crippen molar-refractivity contribution in [3.05, 3.63) is 35.6 Å². The molecule has 1 heterocycles. The highest BCUT2D eigenvalue weighted by atomic mass is 19.1. The lowest BCUT2D eigenvalue weighted by molar-refractivity contribution is -0.120. The number of likely N-dealkylation sites (tertiary alicyclic amines) is 1. The van der Waals surface area contributed by atoms with Gasteiger partial charge in [0.05, 0.1) is 0 Å². The van der Waals surface area contributed by atoms with Crippen LogP contribution in [0.2, 0.25) is 0 Å². The number of rotatable bonds is 4. The van der Waals surface area contributed by atoms with Crippen molar-refractivity contribution in [2.24, 2.45) is 0 Å². The number of hydrogen-bond acceptors (Lipinski definition) is 2. The van der Waals surface area contributed by atoms with E-state index in [0.717, 1.165) is 19.5 Å². The number of hydrogen-bond donors (Lipinski definition) is 1. The van der Waals surface area contributed by atoms with E-state index < -0.39 is 0 Å². The number of halogens is 1. The van der Waals surface area contributed by atoms with Crippen molar-refractivity contribution < 1.29 is 9.18 Å². The van der Waals surface area contributed by atoms with Crippen LogP contribution in [0.5, 0.6) is 0 Å². The van der Waals surface area contributed by atoms with Gasteiger partial charge in [-0.2, -0.15) is 0 Å². The third-order valence-corrected chi connectivity index (χ3v) is 3.95. The largest absolute Gasteiger partial charge is 0.359 e. The van der Waals surface area contributed by atoms with Gasteiger partial charge in [0, 0.05) is 32.6 Å². The number of nitrogens with one attached hydrogen (secondary N) is 1. The molecule has 1 N–H and O–H groups in total. The van der Waals surface area contributed by atoms with Gasteiger partial charge in [-0.25, -0.2) is 4.39 Å². The molecule has 4 heteroatoms. The summed E-state index contributed by atoms with van der Waals surface area (Å²) in [7, 11) is 1.66. The molecule has 1 saturated heterocycles. The first-order valence-corrected chi connectivity index (χ1v) is 6.80. The molecular weight excluding hydrogens is 243 g/mol. The molecule has 0 bridgehead atoms. The third-order valence-electron chi connectivity index (χ3n) is 3.95. The van der Waals surface area contributed by atoms with E-state index in [9.17, 15) is 9.18 Å². The molecule has 2 atom stereocenters. The van der Waals surface area contributed by atoms with Gasteiger partial charge in [0.25, 0.3) is 0 Å². The second-order valence-electron chi connectivity index (χ2n) is 5.25. The predicted octanol–water partition coefficient (Wildman–Crippen LogP) is 2.14. The van der Waals surface area contributed by atoms with Gasteiger partial charge < -0.3 is 5.32 Å². The summed E-state index contributed by atoms with van der Waals surface area (Å²) in [4.78, 5) is 13.6. The molecule has 0 unspecified atom stereocenters. The molecule has 3 nitrogen and oxygen atoms in total. The number of carbonyl (C=O) groups excluding carboxylic acids is 1. The second-order valence-corrected chi connectivity index (χ2v) is 5.25. The summed E-state index contributed by atoms with van der Waals surface area (Å²) in [5, 5.41) is 2.65. The van der Waals surface area contributed by atoms with E-state index in [1.807, 2.05) is 12.1 Å². The van der Waals surface area contributed by atoms with E-state index >= 15 is 0 Å². The summed E-state index contributed by atoms with van der Waals surface area (Å²) < 4.78 is 12.9. The Morgan fingerprint density at radius 2 is 2.11 bits per heavy atom. The first kappa shape index (κ1) is 14.0. The Morgan fingerprint density at radius 3 is 2.74 bits per heavy atom. The van der Waals surface area contributed by atoms with Gasteiger partial charge in [-0.05, 0) is 37.0 Å². The molecule has 104 valence electrons. The van der Waals surface area contributed by atoms with E-state index in [1.165, 1.54) is 17.7 Å². The highest BCUT2D eigenvalue weighted by molar-refractivity contribution is 5.75. The lowest BCUT2D eigenvalue weighted by Crippen LogP contribution is -2.31. The van der Waals surface area contributed by atoms with Gasteiger partial charge in [-0.1, -0.05) is 12.1 Å². The van der Waals surface area contributed by atoms with Crippen molar-refractivity contribution in [3.63, 3.8) is 0 Å². The fraction of sp³-hybridized carbons (Fsp3) is 0.533. The molecule has 0 radical (unpaired) electrons. The molecule has 0 saturated carbocycles. The van der Waals surface area contributed by atoms with Gasteiger partial charge in [-0.15, -0.1) is 0 Å². The SMILES string of the molecule is CNC(=O)CCN1C[C@@H](c2ccc(F)cc2)C[C@H]1C. The normalized spacial score (nSPS) is 23.5. The average Bonchev–Trinajstić information content (AvgIpc) is 2.78. The highest BCUT2D eigenvalue weighted by Crippen LogP contribution is 2.31. The summed E-state index contributed by atoms with van der Waals surface area (Å²) >= 11 is 0. The lowest BCUT2D eigenvalue weighted by Gasteiger charge is -2.20. The maximum atomic E-state index is 12.9. The average molecular weight is 264 g/mol. The Balaban J connectivity index is 1.93. The summed E-state index contributed by atoms with van der Waals surface area (Å²) in [5.74, 6) is 0.337. The van der Waals surface area contributed by atoms with Crippen LogP contribution in [0.1, 0.15) is 31.2 Å². The number of carbonyl (C=O) groups is 1. The van der Waals surface area contributed by atoms with E-state index in [-0.39, 0.29) is 11.7 Å². The van der Waals surface area contributed by atoms with Gasteiger partial charge in [0.2, 0.25) is 5.91 Å². The summed E-state index contributed by atoms with van der Waals surface area (Å²) in [6.07, 6.45) is 1.61. The minimum Gasteiger partial charge on any atom is -0.359 e. The topological polar surface area (TPSA) is 32.3 Å². The van der Waals surface area contributed by atoms with E-state index in [2.05, 4.69) is 17.1 Å². The maximum absolute atomic E-state index is 12.9. The molecule has 1 amide bonds. The first-order chi connectivity index (χ1) is 9.10. The molecule has 0 spiro atoms. The zero-order valence-corrected chi connectivity index (χ0v) is 11.5. The zero-order valence-electron chi connectivity index (χ0n) is 11.5. The highest BCUT2D eigenvalue weighted by Gasteiger charge is 2.29. The van der Waals surface area contributed by atoms with Crippen LogP contribution in [0, 0.1) is 5.82 Å². The zero-order chi connectivity index (χ0) is 13.8. The standard InChI is InChI=1S/C15H21FN2O/c1-11-9-13(12-3-5-14(16)6-4-12)10-18(11)8-7-15(19)17-2/h3-6,11,13H,7-10H2,1-2H3,(H,17,19)/t11-,13+/m1/s1. The molecule has 1 aromatic carbocycles. The van der Waals surface area contributed by atoms with Gasteiger partial charge in [0.15, 0.2) is 0 Å². The van der Waals surface area contributed by atoms with E-state index in [0.29, 0.717) is 18.4 Å². The number of nitrogens with zero attached hydrogens (tertiary/aromatic N) is 1. The van der Waals surface area contributed by atoms with Crippen LogP contribution in [0.4, 0.5) is 4.39 Å². The molecule has 1 fully saturated rings. The molecule has 1 aliphatic heterocycles. The Hall–Kier alpha value is -1.42. The molecule has 1 aliphatic rings. The van der Waals surface area contributed by atoms with E-state index in [1.54, 1.807) is 7.05 Å². The Kier molecular flexibility index (Phi) is 4.53. The monoisotopic (exact) mass is 264 g/mol. The number of benzene rings is 1. The van der Waals surface area contributed by atoms with Gasteiger partial charge in [-0.3, -0.25) is 9.69 Å². The summed E-state index contributed by atoms with van der Waals surface area (Å²) in [6.45, 7) is 3.93. The minimum absolute atomic E-state index is 0.0810. The predicted molar refractivity (Wildman–Crippen MR) is 73.5 cm³/mol.